The van der Waals surface area contributed by atoms with Gasteiger partial charge in [0, 0.05) is 23.2 Å². The van der Waals surface area contributed by atoms with Crippen LogP contribution in [-0.2, 0) is 17.6 Å². The summed E-state index contributed by atoms with van der Waals surface area (Å²) in [6.45, 7) is 2.67. The quantitative estimate of drug-likeness (QED) is 0.575. The normalized spacial score (nSPS) is 9.81. The number of hydrogen-bond acceptors (Lipinski definition) is 4. The standard InChI is InChI=1S/C20H21N3OS.2ClH/c1-14-3-2-4-16(11-14)20-23-18(13-25-20)12-19(24)22-10-9-15-5-7-17(21)8-6-15;;/h2-8,11,13H,9-10,12,21H2,1H3,(H,22,24);2*1H. The van der Waals surface area contributed by atoms with Crippen LogP contribution in [0.5, 0.6) is 0 Å². The number of amides is 1. The molecule has 0 radical (unpaired) electrons. The molecule has 0 unspecified atom stereocenters. The van der Waals surface area contributed by atoms with E-state index in [4.69, 9.17) is 5.73 Å². The third-order valence-electron chi connectivity index (χ3n) is 3.87. The number of rotatable bonds is 6. The molecule has 0 aliphatic carbocycles. The van der Waals surface area contributed by atoms with E-state index in [9.17, 15) is 4.79 Å². The molecule has 0 bridgehead atoms. The molecule has 0 saturated heterocycles. The highest BCUT2D eigenvalue weighted by molar-refractivity contribution is 7.13. The molecule has 0 aliphatic rings. The number of hydrogen-bond donors (Lipinski definition) is 2. The second-order valence-electron chi connectivity index (χ2n) is 6.03. The van der Waals surface area contributed by atoms with Gasteiger partial charge in [-0.1, -0.05) is 35.9 Å². The molecular weight excluding hydrogens is 401 g/mol. The maximum atomic E-state index is 12.1. The van der Waals surface area contributed by atoms with Crippen molar-refractivity contribution >= 4 is 47.7 Å². The van der Waals surface area contributed by atoms with Gasteiger partial charge in [0.25, 0.3) is 0 Å². The van der Waals surface area contributed by atoms with Gasteiger partial charge in [-0.3, -0.25) is 4.79 Å². The summed E-state index contributed by atoms with van der Waals surface area (Å²) in [6, 6.07) is 15.9. The lowest BCUT2D eigenvalue weighted by Gasteiger charge is -2.05. The van der Waals surface area contributed by atoms with E-state index in [0.717, 1.165) is 33.9 Å². The number of aromatic nitrogens is 1. The Balaban J connectivity index is 0.00000182. The van der Waals surface area contributed by atoms with Gasteiger partial charge in [0.1, 0.15) is 5.01 Å². The minimum absolute atomic E-state index is 0. The zero-order chi connectivity index (χ0) is 17.6. The first kappa shape index (κ1) is 23.0. The van der Waals surface area contributed by atoms with Crippen molar-refractivity contribution in [3.63, 3.8) is 0 Å². The molecular formula is C20H23Cl2N3OS. The number of nitrogens with two attached hydrogens (primary N) is 1. The summed E-state index contributed by atoms with van der Waals surface area (Å²) in [5.74, 6) is -0.00321. The van der Waals surface area contributed by atoms with Crippen LogP contribution >= 0.6 is 36.2 Å². The lowest BCUT2D eigenvalue weighted by Crippen LogP contribution is -2.27. The first-order valence-corrected chi connectivity index (χ1v) is 9.11. The first-order valence-electron chi connectivity index (χ1n) is 8.23. The summed E-state index contributed by atoms with van der Waals surface area (Å²) < 4.78 is 0. The fraction of sp³-hybridized carbons (Fsp3) is 0.200. The van der Waals surface area contributed by atoms with Crippen LogP contribution in [0.4, 0.5) is 5.69 Å². The predicted molar refractivity (Wildman–Crippen MR) is 118 cm³/mol. The number of nitrogens with zero attached hydrogens (tertiary/aromatic N) is 1. The molecule has 27 heavy (non-hydrogen) atoms. The minimum atomic E-state index is -0.00321. The number of thiazole rings is 1. The Morgan fingerprint density at radius 3 is 2.59 bits per heavy atom. The van der Waals surface area contributed by atoms with Gasteiger partial charge in [-0.25, -0.2) is 4.98 Å². The third-order valence-corrected chi connectivity index (χ3v) is 4.81. The molecule has 7 heteroatoms. The van der Waals surface area contributed by atoms with Crippen molar-refractivity contribution in [1.29, 1.82) is 0 Å². The summed E-state index contributed by atoms with van der Waals surface area (Å²) in [6.07, 6.45) is 1.10. The van der Waals surface area contributed by atoms with Gasteiger partial charge in [-0.2, -0.15) is 0 Å². The van der Waals surface area contributed by atoms with Crippen molar-refractivity contribution < 1.29 is 4.79 Å². The average Bonchev–Trinajstić information content (AvgIpc) is 3.05. The van der Waals surface area contributed by atoms with Gasteiger partial charge >= 0.3 is 0 Å². The SMILES string of the molecule is Cc1cccc(-c2nc(CC(=O)NCCc3ccc(N)cc3)cs2)c1.Cl.Cl. The highest BCUT2D eigenvalue weighted by atomic mass is 35.5. The zero-order valence-corrected chi connectivity index (χ0v) is 17.4. The van der Waals surface area contributed by atoms with Crippen LogP contribution in [0.1, 0.15) is 16.8 Å². The summed E-state index contributed by atoms with van der Waals surface area (Å²) in [7, 11) is 0. The van der Waals surface area contributed by atoms with Gasteiger partial charge < -0.3 is 11.1 Å². The van der Waals surface area contributed by atoms with Crippen LogP contribution in [0, 0.1) is 6.92 Å². The molecule has 0 fully saturated rings. The Labute approximate surface area is 176 Å². The van der Waals surface area contributed by atoms with Crippen LogP contribution in [0.2, 0.25) is 0 Å². The number of carbonyl (C=O) groups excluding carboxylic acids is 1. The molecule has 0 atom stereocenters. The molecule has 4 nitrogen and oxygen atoms in total. The lowest BCUT2D eigenvalue weighted by molar-refractivity contribution is -0.120. The first-order chi connectivity index (χ1) is 12.1. The van der Waals surface area contributed by atoms with E-state index in [-0.39, 0.29) is 30.7 Å². The summed E-state index contributed by atoms with van der Waals surface area (Å²) in [5.41, 5.74) is 10.7. The zero-order valence-electron chi connectivity index (χ0n) is 15.0. The van der Waals surface area contributed by atoms with E-state index in [0.29, 0.717) is 13.0 Å². The maximum Gasteiger partial charge on any atom is 0.226 e. The van der Waals surface area contributed by atoms with E-state index >= 15 is 0 Å². The van der Waals surface area contributed by atoms with Crippen molar-refractivity contribution in [2.24, 2.45) is 0 Å². The molecule has 1 aromatic heterocycles. The fourth-order valence-corrected chi connectivity index (χ4v) is 3.37. The number of carbonyl (C=O) groups is 1. The smallest absolute Gasteiger partial charge is 0.226 e. The molecule has 0 spiro atoms. The van der Waals surface area contributed by atoms with Crippen molar-refractivity contribution in [1.82, 2.24) is 10.3 Å². The second kappa shape index (κ2) is 10.9. The van der Waals surface area contributed by atoms with Crippen LogP contribution in [0.15, 0.2) is 53.9 Å². The van der Waals surface area contributed by atoms with Crippen molar-refractivity contribution in [2.75, 3.05) is 12.3 Å². The van der Waals surface area contributed by atoms with E-state index in [1.165, 1.54) is 5.56 Å². The Morgan fingerprint density at radius 2 is 1.89 bits per heavy atom. The highest BCUT2D eigenvalue weighted by Crippen LogP contribution is 2.24. The second-order valence-corrected chi connectivity index (χ2v) is 6.89. The topological polar surface area (TPSA) is 68.0 Å². The van der Waals surface area contributed by atoms with E-state index in [2.05, 4.69) is 29.4 Å². The lowest BCUT2D eigenvalue weighted by atomic mass is 10.1. The number of benzene rings is 2. The molecule has 3 aromatic rings. The van der Waals surface area contributed by atoms with Gasteiger partial charge in [0.2, 0.25) is 5.91 Å². The minimum Gasteiger partial charge on any atom is -0.399 e. The van der Waals surface area contributed by atoms with Crippen molar-refractivity contribution in [3.8, 4) is 10.6 Å². The van der Waals surface area contributed by atoms with E-state index < -0.39 is 0 Å². The molecule has 3 rings (SSSR count). The molecule has 1 amide bonds. The van der Waals surface area contributed by atoms with E-state index in [1.807, 2.05) is 41.8 Å². The predicted octanol–water partition coefficient (Wildman–Crippen LogP) is 4.45. The molecule has 2 aromatic carbocycles. The maximum absolute atomic E-state index is 12.1. The molecule has 0 saturated carbocycles. The van der Waals surface area contributed by atoms with Gasteiger partial charge in [0.15, 0.2) is 0 Å². The van der Waals surface area contributed by atoms with Gasteiger partial charge in [0.05, 0.1) is 12.1 Å². The molecule has 3 N–H and O–H groups in total. The summed E-state index contributed by atoms with van der Waals surface area (Å²) >= 11 is 1.57. The Morgan fingerprint density at radius 1 is 1.15 bits per heavy atom. The van der Waals surface area contributed by atoms with Crippen molar-refractivity contribution in [2.45, 2.75) is 19.8 Å². The number of anilines is 1. The fourth-order valence-electron chi connectivity index (χ4n) is 2.56. The average molecular weight is 424 g/mol. The number of nitrogen functional groups attached to an aromatic ring is 1. The number of aryl methyl sites for hydroxylation is 1. The largest absolute Gasteiger partial charge is 0.399 e. The molecule has 0 aliphatic heterocycles. The monoisotopic (exact) mass is 423 g/mol. The number of nitrogens with one attached hydrogen (secondary N) is 1. The van der Waals surface area contributed by atoms with Gasteiger partial charge in [-0.15, -0.1) is 36.2 Å². The van der Waals surface area contributed by atoms with Crippen LogP contribution in [-0.4, -0.2) is 17.4 Å². The Bertz CT molecular complexity index is 866. The summed E-state index contributed by atoms with van der Waals surface area (Å²) in [4.78, 5) is 16.7. The molecule has 1 heterocycles. The van der Waals surface area contributed by atoms with E-state index in [1.54, 1.807) is 11.3 Å². The Kier molecular flexibility index (Phi) is 9.29. The number of halogens is 2. The highest BCUT2D eigenvalue weighted by Gasteiger charge is 2.09. The Hall–Kier alpha value is -2.08. The van der Waals surface area contributed by atoms with Crippen LogP contribution in [0.3, 0.4) is 0 Å². The van der Waals surface area contributed by atoms with Crippen molar-refractivity contribution in [3.05, 3.63) is 70.7 Å². The van der Waals surface area contributed by atoms with Crippen LogP contribution < -0.4 is 11.1 Å². The summed E-state index contributed by atoms with van der Waals surface area (Å²) in [5, 5.41) is 5.85. The van der Waals surface area contributed by atoms with Crippen LogP contribution in [0.25, 0.3) is 10.6 Å². The molecule has 144 valence electrons. The third kappa shape index (κ3) is 6.86. The van der Waals surface area contributed by atoms with Gasteiger partial charge in [-0.05, 0) is 37.1 Å².